The molecule has 1 aromatic carbocycles. The van der Waals surface area contributed by atoms with Crippen LogP contribution in [0.4, 0.5) is 0 Å². The van der Waals surface area contributed by atoms with Crippen molar-refractivity contribution in [3.8, 4) is 0 Å². The summed E-state index contributed by atoms with van der Waals surface area (Å²) < 4.78 is 7.74. The zero-order valence-corrected chi connectivity index (χ0v) is 16.2. The molecule has 0 radical (unpaired) electrons. The Morgan fingerprint density at radius 1 is 1.25 bits per heavy atom. The Labute approximate surface area is 128 Å². The molecule has 1 aromatic rings. The second kappa shape index (κ2) is 6.65. The van der Waals surface area contributed by atoms with Gasteiger partial charge in [0.25, 0.3) is 0 Å². The molecule has 1 aliphatic heterocycles. The van der Waals surface area contributed by atoms with E-state index < -0.39 is 18.4 Å². The maximum absolute atomic E-state index is 6.18. The first-order chi connectivity index (χ1) is 9.38. The fourth-order valence-corrected chi connectivity index (χ4v) is 7.15. The van der Waals surface area contributed by atoms with Gasteiger partial charge in [-0.2, -0.15) is 0 Å². The van der Waals surface area contributed by atoms with Crippen LogP contribution >= 0.6 is 0 Å². The van der Waals surface area contributed by atoms with Gasteiger partial charge in [-0.3, -0.25) is 0 Å². The minimum atomic E-state index is -2.02. The van der Waals surface area contributed by atoms with E-state index in [4.69, 9.17) is 4.74 Å². The Kier molecular flexibility index (Phi) is 5.35. The van der Waals surface area contributed by atoms with Gasteiger partial charge in [0.2, 0.25) is 0 Å². The molecule has 0 aliphatic carbocycles. The van der Waals surface area contributed by atoms with Crippen molar-refractivity contribution in [3.63, 3.8) is 0 Å². The van der Waals surface area contributed by atoms with Crippen molar-refractivity contribution >= 4 is 18.4 Å². The molecule has 0 unspecified atom stereocenters. The van der Waals surface area contributed by atoms with Crippen LogP contribution < -0.4 is 0 Å². The number of benzene rings is 1. The first-order valence-corrected chi connectivity index (χ1v) is 17.8. The van der Waals surface area contributed by atoms with Crippen molar-refractivity contribution in [1.82, 2.24) is 0 Å². The van der Waals surface area contributed by atoms with Gasteiger partial charge in [0.05, 0.1) is 0 Å². The fourth-order valence-electron chi connectivity index (χ4n) is 3.10. The standard InChI is InChI=1S/C15H19O.3CH3.Sn/c1-3-14-11-12(2)16-15(14)10-9-13-7-5-4-6-8-13;;;;/h4-8,12,14-15H,1,9-11H2,2H3;3*1H3;/t12-,14+,15+;;;;/m0..../s1. The van der Waals surface area contributed by atoms with Crippen LogP contribution in [0.5, 0.6) is 0 Å². The Bertz CT molecular complexity index is 446. The molecule has 110 valence electrons. The molecule has 1 heterocycles. The second-order valence-corrected chi connectivity index (χ2v) is 21.8. The summed E-state index contributed by atoms with van der Waals surface area (Å²) in [4.78, 5) is 7.40. The normalized spacial score (nSPS) is 26.7. The quantitative estimate of drug-likeness (QED) is 0.665. The van der Waals surface area contributed by atoms with Gasteiger partial charge in [-0.1, -0.05) is 0 Å². The molecule has 0 amide bonds. The molecule has 0 N–H and O–H groups in total. The molecule has 0 spiro atoms. The van der Waals surface area contributed by atoms with Gasteiger partial charge in [0.1, 0.15) is 0 Å². The van der Waals surface area contributed by atoms with E-state index in [-0.39, 0.29) is 0 Å². The maximum atomic E-state index is 6.18. The van der Waals surface area contributed by atoms with Crippen molar-refractivity contribution in [2.45, 2.75) is 53.2 Å². The Morgan fingerprint density at radius 3 is 2.50 bits per heavy atom. The van der Waals surface area contributed by atoms with Gasteiger partial charge in [-0.25, -0.2) is 0 Å². The molecule has 0 saturated carbocycles. The third kappa shape index (κ3) is 4.11. The Hall–Kier alpha value is -0.281. The number of aryl methyl sites for hydroxylation is 1. The Morgan fingerprint density at radius 2 is 1.90 bits per heavy atom. The molecule has 1 saturated heterocycles. The van der Waals surface area contributed by atoms with Crippen LogP contribution in [-0.2, 0) is 11.2 Å². The van der Waals surface area contributed by atoms with E-state index in [0.29, 0.717) is 18.1 Å². The van der Waals surface area contributed by atoms with E-state index in [0.717, 1.165) is 12.8 Å². The second-order valence-electron chi connectivity index (χ2n) is 7.13. The molecule has 1 fully saturated rings. The molecular weight excluding hydrogens is 351 g/mol. The topological polar surface area (TPSA) is 9.23 Å². The van der Waals surface area contributed by atoms with Crippen molar-refractivity contribution < 1.29 is 4.74 Å². The zero-order chi connectivity index (χ0) is 14.8. The van der Waals surface area contributed by atoms with E-state index in [1.807, 2.05) is 0 Å². The van der Waals surface area contributed by atoms with E-state index in [1.54, 1.807) is 3.59 Å². The van der Waals surface area contributed by atoms with Gasteiger partial charge in [0.15, 0.2) is 0 Å². The fraction of sp³-hybridized carbons (Fsp3) is 0.556. The Balaban J connectivity index is 2.00. The van der Waals surface area contributed by atoms with E-state index in [9.17, 15) is 0 Å². The molecule has 0 bridgehead atoms. The molecule has 1 aliphatic rings. The number of hydrogen-bond acceptors (Lipinski definition) is 1. The van der Waals surface area contributed by atoms with Crippen LogP contribution in [0.15, 0.2) is 40.5 Å². The van der Waals surface area contributed by atoms with Crippen LogP contribution in [0.25, 0.3) is 0 Å². The van der Waals surface area contributed by atoms with Crippen LogP contribution in [0.2, 0.25) is 14.8 Å². The van der Waals surface area contributed by atoms with Gasteiger partial charge >= 0.3 is 128 Å². The molecule has 0 aromatic heterocycles. The van der Waals surface area contributed by atoms with E-state index >= 15 is 0 Å². The summed E-state index contributed by atoms with van der Waals surface area (Å²) in [5.41, 5.74) is 1.42. The van der Waals surface area contributed by atoms with Crippen LogP contribution in [0.3, 0.4) is 0 Å². The summed E-state index contributed by atoms with van der Waals surface area (Å²) in [6, 6.07) is 10.7. The van der Waals surface area contributed by atoms with Crippen LogP contribution in [0.1, 0.15) is 25.3 Å². The first-order valence-electron chi connectivity index (χ1n) is 7.76. The van der Waals surface area contributed by atoms with Crippen molar-refractivity contribution in [2.75, 3.05) is 0 Å². The van der Waals surface area contributed by atoms with Crippen LogP contribution in [-0.4, -0.2) is 30.6 Å². The van der Waals surface area contributed by atoms with Crippen molar-refractivity contribution in [3.05, 3.63) is 46.1 Å². The SMILES string of the molecule is C=[C]([C@@H]1C[C@H](C)O[C@@H]1CCc1ccccc1)[Sn]([CH3])([CH3])[CH3]. The molecule has 2 rings (SSSR count). The summed E-state index contributed by atoms with van der Waals surface area (Å²) in [6.45, 7) is 6.67. The molecular formula is C18H28OSn. The summed E-state index contributed by atoms with van der Waals surface area (Å²) in [5.74, 6) is 0.601. The van der Waals surface area contributed by atoms with Gasteiger partial charge in [-0.05, 0) is 0 Å². The van der Waals surface area contributed by atoms with Gasteiger partial charge < -0.3 is 0 Å². The summed E-state index contributed by atoms with van der Waals surface area (Å²) in [6.07, 6.45) is 4.19. The summed E-state index contributed by atoms with van der Waals surface area (Å²) >= 11 is -2.02. The number of hydrogen-bond donors (Lipinski definition) is 0. The van der Waals surface area contributed by atoms with Crippen molar-refractivity contribution in [1.29, 1.82) is 0 Å². The zero-order valence-electron chi connectivity index (χ0n) is 13.4. The van der Waals surface area contributed by atoms with Gasteiger partial charge in [-0.15, -0.1) is 0 Å². The molecule has 2 heteroatoms. The van der Waals surface area contributed by atoms with Crippen molar-refractivity contribution in [2.24, 2.45) is 5.92 Å². The van der Waals surface area contributed by atoms with E-state index in [1.165, 1.54) is 12.0 Å². The third-order valence-corrected chi connectivity index (χ3v) is 11.0. The first kappa shape index (κ1) is 16.1. The van der Waals surface area contributed by atoms with Crippen LogP contribution in [0, 0.1) is 5.92 Å². The molecule has 3 atom stereocenters. The average Bonchev–Trinajstić information content (AvgIpc) is 2.76. The summed E-state index contributed by atoms with van der Waals surface area (Å²) in [5, 5.41) is 0. The number of ether oxygens (including phenoxy) is 1. The third-order valence-electron chi connectivity index (χ3n) is 4.41. The predicted octanol–water partition coefficient (Wildman–Crippen LogP) is 4.85. The molecule has 1 nitrogen and oxygen atoms in total. The predicted molar refractivity (Wildman–Crippen MR) is 89.7 cm³/mol. The minimum absolute atomic E-state index is 0.383. The van der Waals surface area contributed by atoms with E-state index in [2.05, 4.69) is 58.7 Å². The van der Waals surface area contributed by atoms with Gasteiger partial charge in [0, 0.05) is 0 Å². The molecule has 20 heavy (non-hydrogen) atoms. The monoisotopic (exact) mass is 380 g/mol. The summed E-state index contributed by atoms with van der Waals surface area (Å²) in [7, 11) is 0. The average molecular weight is 379 g/mol. The number of rotatable bonds is 5.